The number of ether oxygens (including phenoxy) is 1. The van der Waals surface area contributed by atoms with Gasteiger partial charge in [0, 0.05) is 18.2 Å². The van der Waals surface area contributed by atoms with Gasteiger partial charge in [-0.05, 0) is 36.6 Å². The van der Waals surface area contributed by atoms with Gasteiger partial charge >= 0.3 is 0 Å². The summed E-state index contributed by atoms with van der Waals surface area (Å²) in [5.41, 5.74) is 1.38. The Bertz CT molecular complexity index is 739. The summed E-state index contributed by atoms with van der Waals surface area (Å²) in [4.78, 5) is 14.5. The second-order valence-electron chi connectivity index (χ2n) is 5.82. The molecule has 24 heavy (non-hydrogen) atoms. The Balaban J connectivity index is 2.31. The minimum absolute atomic E-state index is 0.0161. The molecule has 0 N–H and O–H groups in total. The van der Waals surface area contributed by atoms with Crippen molar-refractivity contribution in [3.63, 3.8) is 0 Å². The number of carbonyl (C=O) groups is 1. The van der Waals surface area contributed by atoms with Crippen molar-refractivity contribution in [3.8, 4) is 5.75 Å². The molecule has 1 amide bonds. The van der Waals surface area contributed by atoms with Gasteiger partial charge in [-0.25, -0.2) is 8.42 Å². The molecule has 1 fully saturated rings. The van der Waals surface area contributed by atoms with Gasteiger partial charge in [0.15, 0.2) is 9.84 Å². The van der Waals surface area contributed by atoms with Crippen LogP contribution >= 0.6 is 0 Å². The normalized spacial score (nSPS) is 18.8. The summed E-state index contributed by atoms with van der Waals surface area (Å²) in [5, 5.41) is 0. The standard InChI is InChI=1S/C18H23NO4S/c1-4-6-14-12-15(7-8-17(14)23-3)18(20)19(10-5-2)16-9-11-24(21,22)13-16/h4-5,7-8,12,16H,1-2,6,9-11,13H2,3H3. The van der Waals surface area contributed by atoms with Gasteiger partial charge in [0.2, 0.25) is 0 Å². The number of allylic oxidation sites excluding steroid dienone is 1. The molecule has 0 saturated carbocycles. The summed E-state index contributed by atoms with van der Waals surface area (Å²) in [6.07, 6.45) is 4.43. The highest BCUT2D eigenvalue weighted by Gasteiger charge is 2.34. The number of methoxy groups -OCH3 is 1. The number of hydrogen-bond donors (Lipinski definition) is 0. The molecule has 0 spiro atoms. The van der Waals surface area contributed by atoms with Gasteiger partial charge in [-0.2, -0.15) is 0 Å². The maximum absolute atomic E-state index is 12.9. The third-order valence-corrected chi connectivity index (χ3v) is 5.88. The summed E-state index contributed by atoms with van der Waals surface area (Å²) in [5.74, 6) is 0.653. The van der Waals surface area contributed by atoms with E-state index in [-0.39, 0.29) is 23.5 Å². The SMILES string of the molecule is C=CCc1cc(C(=O)N(CC=C)C2CCS(=O)(=O)C2)ccc1OC. The highest BCUT2D eigenvalue weighted by Crippen LogP contribution is 2.24. The monoisotopic (exact) mass is 349 g/mol. The van der Waals surface area contributed by atoms with Crippen LogP contribution in [0.15, 0.2) is 43.5 Å². The summed E-state index contributed by atoms with van der Waals surface area (Å²) >= 11 is 0. The van der Waals surface area contributed by atoms with Gasteiger partial charge in [0.05, 0.1) is 18.6 Å². The first kappa shape index (κ1) is 18.3. The van der Waals surface area contributed by atoms with E-state index in [1.807, 2.05) is 0 Å². The van der Waals surface area contributed by atoms with Crippen molar-refractivity contribution >= 4 is 15.7 Å². The molecule has 6 heteroatoms. The van der Waals surface area contributed by atoms with Crippen LogP contribution in [0.1, 0.15) is 22.3 Å². The van der Waals surface area contributed by atoms with E-state index in [0.717, 1.165) is 5.56 Å². The minimum atomic E-state index is -3.06. The average molecular weight is 349 g/mol. The molecule has 1 aliphatic rings. The third-order valence-electron chi connectivity index (χ3n) is 4.13. The minimum Gasteiger partial charge on any atom is -0.496 e. The van der Waals surface area contributed by atoms with E-state index >= 15 is 0 Å². The molecule has 130 valence electrons. The van der Waals surface area contributed by atoms with Crippen LogP contribution in [0.3, 0.4) is 0 Å². The Morgan fingerprint density at radius 1 is 1.38 bits per heavy atom. The lowest BCUT2D eigenvalue weighted by molar-refractivity contribution is 0.0720. The maximum Gasteiger partial charge on any atom is 0.254 e. The van der Waals surface area contributed by atoms with Crippen molar-refractivity contribution < 1.29 is 17.9 Å². The average Bonchev–Trinajstić information content (AvgIpc) is 2.92. The quantitative estimate of drug-likeness (QED) is 0.708. The lowest BCUT2D eigenvalue weighted by atomic mass is 10.0. The number of hydrogen-bond acceptors (Lipinski definition) is 4. The molecule has 1 aromatic rings. The van der Waals surface area contributed by atoms with Gasteiger partial charge in [0.1, 0.15) is 5.75 Å². The van der Waals surface area contributed by atoms with Crippen LogP contribution in [-0.2, 0) is 16.3 Å². The van der Waals surface area contributed by atoms with Crippen LogP contribution in [0.2, 0.25) is 0 Å². The fourth-order valence-electron chi connectivity index (χ4n) is 2.95. The number of benzene rings is 1. The van der Waals surface area contributed by atoms with Gasteiger partial charge < -0.3 is 9.64 Å². The van der Waals surface area contributed by atoms with Crippen LogP contribution in [0, 0.1) is 0 Å². The molecule has 0 aromatic heterocycles. The van der Waals surface area contributed by atoms with E-state index in [2.05, 4.69) is 13.2 Å². The van der Waals surface area contributed by atoms with Crippen LogP contribution < -0.4 is 4.74 Å². The van der Waals surface area contributed by atoms with E-state index < -0.39 is 9.84 Å². The molecule has 1 aromatic carbocycles. The Kier molecular flexibility index (Phi) is 5.83. The van der Waals surface area contributed by atoms with Crippen molar-refractivity contribution in [2.24, 2.45) is 0 Å². The van der Waals surface area contributed by atoms with E-state index in [4.69, 9.17) is 4.74 Å². The first-order valence-corrected chi connectivity index (χ1v) is 9.64. The Hall–Kier alpha value is -2.08. The molecule has 1 atom stereocenters. The highest BCUT2D eigenvalue weighted by molar-refractivity contribution is 7.91. The Morgan fingerprint density at radius 2 is 2.12 bits per heavy atom. The summed E-state index contributed by atoms with van der Waals surface area (Å²) in [7, 11) is -1.48. The lowest BCUT2D eigenvalue weighted by Crippen LogP contribution is -2.41. The largest absolute Gasteiger partial charge is 0.496 e. The topological polar surface area (TPSA) is 63.7 Å². The maximum atomic E-state index is 12.9. The molecule has 2 rings (SSSR count). The van der Waals surface area contributed by atoms with Crippen molar-refractivity contribution in [2.45, 2.75) is 18.9 Å². The van der Waals surface area contributed by atoms with Crippen LogP contribution in [-0.4, -0.2) is 50.4 Å². The zero-order valence-electron chi connectivity index (χ0n) is 13.9. The Morgan fingerprint density at radius 3 is 2.67 bits per heavy atom. The molecular weight excluding hydrogens is 326 g/mol. The van der Waals surface area contributed by atoms with E-state index in [0.29, 0.717) is 30.7 Å². The molecule has 1 aliphatic heterocycles. The predicted molar refractivity (Wildman–Crippen MR) is 95.2 cm³/mol. The summed E-state index contributed by atoms with van der Waals surface area (Å²) in [6.45, 7) is 7.72. The zero-order chi connectivity index (χ0) is 17.7. The molecule has 0 bridgehead atoms. The van der Waals surface area contributed by atoms with Crippen molar-refractivity contribution in [1.29, 1.82) is 0 Å². The van der Waals surface area contributed by atoms with Crippen molar-refractivity contribution in [3.05, 3.63) is 54.6 Å². The second kappa shape index (κ2) is 7.66. The fraction of sp³-hybridized carbons (Fsp3) is 0.389. The molecular formula is C18H23NO4S. The van der Waals surface area contributed by atoms with Crippen LogP contribution in [0.4, 0.5) is 0 Å². The van der Waals surface area contributed by atoms with Crippen LogP contribution in [0.5, 0.6) is 5.75 Å². The van der Waals surface area contributed by atoms with E-state index in [9.17, 15) is 13.2 Å². The van der Waals surface area contributed by atoms with Gasteiger partial charge in [-0.3, -0.25) is 4.79 Å². The smallest absolute Gasteiger partial charge is 0.254 e. The first-order chi connectivity index (χ1) is 11.4. The molecule has 1 unspecified atom stereocenters. The summed E-state index contributed by atoms with van der Waals surface area (Å²) < 4.78 is 28.8. The van der Waals surface area contributed by atoms with E-state index in [1.54, 1.807) is 42.4 Å². The number of amides is 1. The second-order valence-corrected chi connectivity index (χ2v) is 8.05. The molecule has 1 heterocycles. The number of nitrogens with zero attached hydrogens (tertiary/aromatic N) is 1. The van der Waals surface area contributed by atoms with Crippen molar-refractivity contribution in [2.75, 3.05) is 25.2 Å². The number of carbonyl (C=O) groups excluding carboxylic acids is 1. The van der Waals surface area contributed by atoms with Gasteiger partial charge in [0.25, 0.3) is 5.91 Å². The zero-order valence-corrected chi connectivity index (χ0v) is 14.7. The predicted octanol–water partition coefficient (Wildman–Crippen LogP) is 2.24. The summed E-state index contributed by atoms with van der Waals surface area (Å²) in [6, 6.07) is 4.93. The molecule has 0 radical (unpaired) electrons. The molecule has 1 saturated heterocycles. The van der Waals surface area contributed by atoms with Gasteiger partial charge in [-0.15, -0.1) is 13.2 Å². The molecule has 0 aliphatic carbocycles. The molecule has 5 nitrogen and oxygen atoms in total. The lowest BCUT2D eigenvalue weighted by Gasteiger charge is -2.27. The van der Waals surface area contributed by atoms with Crippen molar-refractivity contribution in [1.82, 2.24) is 4.90 Å². The van der Waals surface area contributed by atoms with Crippen LogP contribution in [0.25, 0.3) is 0 Å². The number of sulfone groups is 1. The highest BCUT2D eigenvalue weighted by atomic mass is 32.2. The Labute approximate surface area is 143 Å². The number of rotatable bonds is 7. The fourth-order valence-corrected chi connectivity index (χ4v) is 4.68. The van der Waals surface area contributed by atoms with Gasteiger partial charge in [-0.1, -0.05) is 12.2 Å². The van der Waals surface area contributed by atoms with E-state index in [1.165, 1.54) is 0 Å². The first-order valence-electron chi connectivity index (χ1n) is 7.82. The third kappa shape index (κ3) is 4.06.